The van der Waals surface area contributed by atoms with E-state index in [-0.39, 0.29) is 5.91 Å². The largest absolute Gasteiger partial charge is 0.399 e. The average Bonchev–Trinajstić information content (AvgIpc) is 3.04. The maximum Gasteiger partial charge on any atom is 0.282 e. The predicted octanol–water partition coefficient (Wildman–Crippen LogP) is 1.86. The average molecular weight is 281 g/mol. The number of rotatable bonds is 2. The van der Waals surface area contributed by atoms with Crippen molar-refractivity contribution in [1.82, 2.24) is 19.6 Å². The molecule has 0 saturated heterocycles. The zero-order valence-electron chi connectivity index (χ0n) is 11.8. The van der Waals surface area contributed by atoms with Gasteiger partial charge in [0.1, 0.15) is 0 Å². The van der Waals surface area contributed by atoms with Crippen molar-refractivity contribution in [2.24, 2.45) is 7.05 Å². The van der Waals surface area contributed by atoms with E-state index in [0.29, 0.717) is 22.6 Å². The van der Waals surface area contributed by atoms with Gasteiger partial charge in [-0.2, -0.15) is 14.9 Å². The van der Waals surface area contributed by atoms with Crippen molar-refractivity contribution in [3.63, 3.8) is 0 Å². The van der Waals surface area contributed by atoms with Crippen LogP contribution in [0, 0.1) is 6.92 Å². The van der Waals surface area contributed by atoms with E-state index in [0.717, 1.165) is 5.56 Å². The van der Waals surface area contributed by atoms with Crippen molar-refractivity contribution < 1.29 is 4.79 Å². The molecule has 0 aliphatic rings. The zero-order chi connectivity index (χ0) is 15.0. The molecule has 0 spiro atoms. The molecule has 0 unspecified atom stereocenters. The number of hydrogen-bond donors (Lipinski definition) is 1. The normalized spacial score (nSPS) is 10.8. The molecule has 0 bridgehead atoms. The summed E-state index contributed by atoms with van der Waals surface area (Å²) in [5, 5.41) is 8.33. The van der Waals surface area contributed by atoms with E-state index in [1.165, 1.54) is 4.68 Å². The number of carbonyl (C=O) groups is 1. The Morgan fingerprint density at radius 3 is 2.76 bits per heavy atom. The second-order valence-corrected chi connectivity index (χ2v) is 4.86. The lowest BCUT2D eigenvalue weighted by atomic mass is 10.1. The van der Waals surface area contributed by atoms with E-state index in [2.05, 4.69) is 10.2 Å². The lowest BCUT2D eigenvalue weighted by molar-refractivity contribution is 0.0946. The van der Waals surface area contributed by atoms with Gasteiger partial charge in [-0.25, -0.2) is 0 Å². The molecule has 1 aromatic carbocycles. The van der Waals surface area contributed by atoms with Gasteiger partial charge >= 0.3 is 0 Å². The molecule has 106 valence electrons. The molecule has 6 nitrogen and oxygen atoms in total. The third-order valence-electron chi connectivity index (χ3n) is 3.26. The minimum absolute atomic E-state index is 0.206. The molecule has 3 rings (SSSR count). The van der Waals surface area contributed by atoms with E-state index >= 15 is 0 Å². The smallest absolute Gasteiger partial charge is 0.282 e. The minimum atomic E-state index is -0.206. The Morgan fingerprint density at radius 1 is 1.29 bits per heavy atom. The Hall–Kier alpha value is -2.89. The van der Waals surface area contributed by atoms with Crippen LogP contribution in [0.5, 0.6) is 0 Å². The number of nitrogen functional groups attached to an aromatic ring is 1. The van der Waals surface area contributed by atoms with Crippen LogP contribution in [-0.4, -0.2) is 25.5 Å². The number of aromatic nitrogens is 4. The van der Waals surface area contributed by atoms with Crippen molar-refractivity contribution in [2.45, 2.75) is 6.92 Å². The highest BCUT2D eigenvalue weighted by molar-refractivity contribution is 5.98. The molecular weight excluding hydrogens is 266 g/mol. The van der Waals surface area contributed by atoms with Crippen LogP contribution in [0.2, 0.25) is 0 Å². The number of nitrogens with zero attached hydrogens (tertiary/aromatic N) is 4. The first-order valence-corrected chi connectivity index (χ1v) is 6.51. The molecule has 6 heteroatoms. The van der Waals surface area contributed by atoms with Crippen LogP contribution >= 0.6 is 0 Å². The van der Waals surface area contributed by atoms with E-state index in [9.17, 15) is 4.79 Å². The third-order valence-corrected chi connectivity index (χ3v) is 3.26. The van der Waals surface area contributed by atoms with Crippen molar-refractivity contribution >= 4 is 11.6 Å². The van der Waals surface area contributed by atoms with Gasteiger partial charge in [0.25, 0.3) is 5.91 Å². The SMILES string of the molecule is Cc1nn(C)cc1C(=O)n1nccc1-c1cccc(N)c1. The standard InChI is InChI=1S/C15H15N5O/c1-10-13(9-19(2)18-10)15(21)20-14(6-7-17-20)11-4-3-5-12(16)8-11/h3-9H,16H2,1-2H3. The maximum absolute atomic E-state index is 12.6. The zero-order valence-corrected chi connectivity index (χ0v) is 11.8. The Morgan fingerprint density at radius 2 is 2.10 bits per heavy atom. The fourth-order valence-corrected chi connectivity index (χ4v) is 2.31. The Balaban J connectivity index is 2.07. The topological polar surface area (TPSA) is 78.7 Å². The summed E-state index contributed by atoms with van der Waals surface area (Å²) >= 11 is 0. The van der Waals surface area contributed by atoms with Gasteiger partial charge < -0.3 is 5.73 Å². The molecule has 2 heterocycles. The summed E-state index contributed by atoms with van der Waals surface area (Å²) in [5.41, 5.74) is 9.21. The molecule has 0 aliphatic carbocycles. The van der Waals surface area contributed by atoms with Crippen LogP contribution in [0.1, 0.15) is 16.1 Å². The monoisotopic (exact) mass is 281 g/mol. The first-order chi connectivity index (χ1) is 10.1. The van der Waals surface area contributed by atoms with Gasteiger partial charge in [0.2, 0.25) is 0 Å². The number of aryl methyl sites for hydroxylation is 2. The van der Waals surface area contributed by atoms with Crippen LogP contribution in [0.4, 0.5) is 5.69 Å². The lowest BCUT2D eigenvalue weighted by Gasteiger charge is -2.06. The molecule has 0 amide bonds. The highest BCUT2D eigenvalue weighted by Gasteiger charge is 2.18. The second kappa shape index (κ2) is 4.90. The summed E-state index contributed by atoms with van der Waals surface area (Å²) < 4.78 is 2.99. The summed E-state index contributed by atoms with van der Waals surface area (Å²) in [6.45, 7) is 1.80. The first kappa shape index (κ1) is 13.1. The van der Waals surface area contributed by atoms with Gasteiger partial charge in [0, 0.05) is 24.5 Å². The highest BCUT2D eigenvalue weighted by atomic mass is 16.2. The molecule has 0 saturated carbocycles. The van der Waals surface area contributed by atoms with Gasteiger partial charge in [0.15, 0.2) is 0 Å². The number of anilines is 1. The quantitative estimate of drug-likeness (QED) is 0.727. The lowest BCUT2D eigenvalue weighted by Crippen LogP contribution is -2.15. The fraction of sp³-hybridized carbons (Fsp3) is 0.133. The predicted molar refractivity (Wildman–Crippen MR) is 79.7 cm³/mol. The molecule has 3 aromatic rings. The van der Waals surface area contributed by atoms with E-state index in [1.807, 2.05) is 18.2 Å². The van der Waals surface area contributed by atoms with Crippen LogP contribution in [-0.2, 0) is 7.05 Å². The van der Waals surface area contributed by atoms with E-state index in [1.54, 1.807) is 43.2 Å². The van der Waals surface area contributed by atoms with Gasteiger partial charge in [-0.3, -0.25) is 9.48 Å². The maximum atomic E-state index is 12.6. The molecule has 21 heavy (non-hydrogen) atoms. The van der Waals surface area contributed by atoms with Crippen molar-refractivity contribution in [3.05, 3.63) is 54.0 Å². The molecule has 0 radical (unpaired) electrons. The molecule has 2 N–H and O–H groups in total. The highest BCUT2D eigenvalue weighted by Crippen LogP contribution is 2.22. The summed E-state index contributed by atoms with van der Waals surface area (Å²) in [6, 6.07) is 9.15. The second-order valence-electron chi connectivity index (χ2n) is 4.86. The fourth-order valence-electron chi connectivity index (χ4n) is 2.31. The Labute approximate surface area is 121 Å². The van der Waals surface area contributed by atoms with E-state index in [4.69, 9.17) is 5.73 Å². The van der Waals surface area contributed by atoms with Gasteiger partial charge in [0.05, 0.1) is 23.1 Å². The van der Waals surface area contributed by atoms with Crippen LogP contribution in [0.3, 0.4) is 0 Å². The molecular formula is C15H15N5O. The van der Waals surface area contributed by atoms with E-state index < -0.39 is 0 Å². The van der Waals surface area contributed by atoms with Crippen LogP contribution in [0.25, 0.3) is 11.3 Å². The third kappa shape index (κ3) is 2.31. The summed E-state index contributed by atoms with van der Waals surface area (Å²) in [4.78, 5) is 12.6. The van der Waals surface area contributed by atoms with Crippen molar-refractivity contribution in [3.8, 4) is 11.3 Å². The number of benzene rings is 1. The molecule has 0 aliphatic heterocycles. The molecule has 2 aromatic heterocycles. The van der Waals surface area contributed by atoms with Gasteiger partial charge in [-0.05, 0) is 25.1 Å². The Kier molecular flexibility index (Phi) is 3.06. The van der Waals surface area contributed by atoms with Crippen molar-refractivity contribution in [1.29, 1.82) is 0 Å². The molecule has 0 atom stereocenters. The van der Waals surface area contributed by atoms with Crippen LogP contribution < -0.4 is 5.73 Å². The summed E-state index contributed by atoms with van der Waals surface area (Å²) in [6.07, 6.45) is 3.30. The van der Waals surface area contributed by atoms with Gasteiger partial charge in [-0.1, -0.05) is 12.1 Å². The Bertz CT molecular complexity index is 815. The number of nitrogens with two attached hydrogens (primary N) is 1. The first-order valence-electron chi connectivity index (χ1n) is 6.51. The number of carbonyl (C=O) groups excluding carboxylic acids is 1. The number of hydrogen-bond acceptors (Lipinski definition) is 4. The van der Waals surface area contributed by atoms with Gasteiger partial charge in [-0.15, -0.1) is 0 Å². The van der Waals surface area contributed by atoms with Crippen LogP contribution in [0.15, 0.2) is 42.7 Å². The molecule has 0 fully saturated rings. The summed E-state index contributed by atoms with van der Waals surface area (Å²) in [7, 11) is 1.78. The van der Waals surface area contributed by atoms with Crippen molar-refractivity contribution in [2.75, 3.05) is 5.73 Å². The minimum Gasteiger partial charge on any atom is -0.399 e. The summed E-state index contributed by atoms with van der Waals surface area (Å²) in [5.74, 6) is -0.206.